The Morgan fingerprint density at radius 1 is 1.30 bits per heavy atom. The van der Waals surface area contributed by atoms with Gasteiger partial charge in [0.1, 0.15) is 0 Å². The van der Waals surface area contributed by atoms with Crippen LogP contribution in [0.15, 0.2) is 29.2 Å². The molecule has 7 heteroatoms. The Hall–Kier alpha value is -1.44. The SMILES string of the molecule is CCNS(=O)(=O)c1ccc(C(=O)NCC(C)CO)cc1. The highest BCUT2D eigenvalue weighted by atomic mass is 32.2. The van der Waals surface area contributed by atoms with E-state index in [9.17, 15) is 13.2 Å². The van der Waals surface area contributed by atoms with Crippen molar-refractivity contribution in [3.63, 3.8) is 0 Å². The quantitative estimate of drug-likeness (QED) is 0.677. The number of hydrogen-bond acceptors (Lipinski definition) is 4. The van der Waals surface area contributed by atoms with Gasteiger partial charge in [0.05, 0.1) is 4.90 Å². The molecule has 3 N–H and O–H groups in total. The molecule has 6 nitrogen and oxygen atoms in total. The van der Waals surface area contributed by atoms with Gasteiger partial charge in [-0.15, -0.1) is 0 Å². The van der Waals surface area contributed by atoms with E-state index in [1.807, 2.05) is 6.92 Å². The summed E-state index contributed by atoms with van der Waals surface area (Å²) in [6.07, 6.45) is 0. The molecule has 0 aromatic heterocycles. The molecule has 0 saturated carbocycles. The van der Waals surface area contributed by atoms with Crippen molar-refractivity contribution in [3.05, 3.63) is 29.8 Å². The molecule has 112 valence electrons. The van der Waals surface area contributed by atoms with Crippen molar-refractivity contribution in [1.82, 2.24) is 10.0 Å². The zero-order valence-corrected chi connectivity index (χ0v) is 12.4. The Bertz CT molecular complexity index is 540. The predicted octanol–water partition coefficient (Wildman–Crippen LogP) is 0.343. The molecule has 0 aliphatic carbocycles. The van der Waals surface area contributed by atoms with E-state index in [0.29, 0.717) is 18.7 Å². The van der Waals surface area contributed by atoms with Crippen LogP contribution in [0.25, 0.3) is 0 Å². The van der Waals surface area contributed by atoms with Gasteiger partial charge >= 0.3 is 0 Å². The van der Waals surface area contributed by atoms with Crippen LogP contribution in [0.5, 0.6) is 0 Å². The molecule has 20 heavy (non-hydrogen) atoms. The van der Waals surface area contributed by atoms with Gasteiger partial charge in [-0.25, -0.2) is 13.1 Å². The minimum absolute atomic E-state index is 0.000147. The number of nitrogens with one attached hydrogen (secondary N) is 2. The van der Waals surface area contributed by atoms with E-state index >= 15 is 0 Å². The van der Waals surface area contributed by atoms with E-state index in [0.717, 1.165) is 0 Å². The summed E-state index contributed by atoms with van der Waals surface area (Å²) in [4.78, 5) is 11.9. The fraction of sp³-hybridized carbons (Fsp3) is 0.462. The van der Waals surface area contributed by atoms with Crippen LogP contribution < -0.4 is 10.0 Å². The molecule has 0 heterocycles. The Morgan fingerprint density at radius 2 is 1.90 bits per heavy atom. The molecule has 1 aromatic carbocycles. The van der Waals surface area contributed by atoms with Crippen LogP contribution in [0.2, 0.25) is 0 Å². The molecule has 0 radical (unpaired) electrons. The van der Waals surface area contributed by atoms with Crippen molar-refractivity contribution >= 4 is 15.9 Å². The summed E-state index contributed by atoms with van der Waals surface area (Å²) in [6.45, 7) is 4.19. The average molecular weight is 300 g/mol. The first-order chi connectivity index (χ1) is 9.40. The summed E-state index contributed by atoms with van der Waals surface area (Å²) in [7, 11) is -3.50. The predicted molar refractivity (Wildman–Crippen MR) is 75.9 cm³/mol. The minimum Gasteiger partial charge on any atom is -0.396 e. The highest BCUT2D eigenvalue weighted by Crippen LogP contribution is 2.10. The lowest BCUT2D eigenvalue weighted by Crippen LogP contribution is -2.29. The summed E-state index contributed by atoms with van der Waals surface area (Å²) in [5.74, 6) is -0.315. The largest absolute Gasteiger partial charge is 0.396 e. The monoisotopic (exact) mass is 300 g/mol. The van der Waals surface area contributed by atoms with Crippen molar-refractivity contribution in [2.45, 2.75) is 18.7 Å². The first-order valence-corrected chi connectivity index (χ1v) is 7.87. The van der Waals surface area contributed by atoms with Gasteiger partial charge in [-0.05, 0) is 30.2 Å². The van der Waals surface area contributed by atoms with Crippen molar-refractivity contribution in [2.75, 3.05) is 19.7 Å². The molecule has 0 fully saturated rings. The fourth-order valence-electron chi connectivity index (χ4n) is 1.49. The standard InChI is InChI=1S/C13H20N2O4S/c1-3-15-20(18,19)12-6-4-11(5-7-12)13(17)14-8-10(2)9-16/h4-7,10,15-16H,3,8-9H2,1-2H3,(H,14,17). The number of hydrogen-bond donors (Lipinski definition) is 3. The fourth-order valence-corrected chi connectivity index (χ4v) is 2.53. The number of aliphatic hydroxyl groups excluding tert-OH is 1. The molecule has 0 aliphatic rings. The van der Waals surface area contributed by atoms with Gasteiger partial charge in [-0.2, -0.15) is 0 Å². The third-order valence-corrected chi connectivity index (χ3v) is 4.25. The molecule has 1 atom stereocenters. The van der Waals surface area contributed by atoms with Crippen molar-refractivity contribution < 1.29 is 18.3 Å². The first-order valence-electron chi connectivity index (χ1n) is 6.39. The molecular formula is C13H20N2O4S. The van der Waals surface area contributed by atoms with Gasteiger partial charge in [-0.3, -0.25) is 4.79 Å². The van der Waals surface area contributed by atoms with E-state index in [2.05, 4.69) is 10.0 Å². The van der Waals surface area contributed by atoms with E-state index in [-0.39, 0.29) is 23.3 Å². The Balaban J connectivity index is 2.74. The van der Waals surface area contributed by atoms with Gasteiger partial charge in [-0.1, -0.05) is 13.8 Å². The van der Waals surface area contributed by atoms with Gasteiger partial charge in [0.15, 0.2) is 0 Å². The van der Waals surface area contributed by atoms with Crippen molar-refractivity contribution in [3.8, 4) is 0 Å². The number of carbonyl (C=O) groups excluding carboxylic acids is 1. The van der Waals surface area contributed by atoms with Crippen LogP contribution in [0, 0.1) is 5.92 Å². The number of sulfonamides is 1. The van der Waals surface area contributed by atoms with Crippen LogP contribution in [0.4, 0.5) is 0 Å². The maximum atomic E-state index is 11.8. The summed E-state index contributed by atoms with van der Waals surface area (Å²) in [5, 5.41) is 11.5. The molecular weight excluding hydrogens is 280 g/mol. The summed E-state index contributed by atoms with van der Waals surface area (Å²) in [5.41, 5.74) is 0.380. The molecule has 1 amide bonds. The molecule has 0 spiro atoms. The van der Waals surface area contributed by atoms with Crippen LogP contribution in [-0.4, -0.2) is 39.1 Å². The van der Waals surface area contributed by atoms with Crippen LogP contribution in [-0.2, 0) is 10.0 Å². The third-order valence-electron chi connectivity index (χ3n) is 2.68. The molecule has 0 aliphatic heterocycles. The van der Waals surface area contributed by atoms with Crippen LogP contribution in [0.3, 0.4) is 0 Å². The summed E-state index contributed by atoms with van der Waals surface area (Å²) < 4.78 is 25.8. The second-order valence-corrected chi connectivity index (χ2v) is 6.29. The molecule has 1 aromatic rings. The molecule has 1 unspecified atom stereocenters. The molecule has 0 saturated heterocycles. The number of rotatable bonds is 7. The topological polar surface area (TPSA) is 95.5 Å². The maximum Gasteiger partial charge on any atom is 0.251 e. The third kappa shape index (κ3) is 4.59. The lowest BCUT2D eigenvalue weighted by molar-refractivity contribution is 0.0942. The van der Waals surface area contributed by atoms with E-state index in [4.69, 9.17) is 5.11 Å². The van der Waals surface area contributed by atoms with E-state index in [1.165, 1.54) is 24.3 Å². The smallest absolute Gasteiger partial charge is 0.251 e. The average Bonchev–Trinajstić information content (AvgIpc) is 2.44. The van der Waals surface area contributed by atoms with Gasteiger partial charge < -0.3 is 10.4 Å². The van der Waals surface area contributed by atoms with E-state index in [1.54, 1.807) is 6.92 Å². The second-order valence-electron chi connectivity index (χ2n) is 4.52. The number of aliphatic hydroxyl groups is 1. The minimum atomic E-state index is -3.50. The van der Waals surface area contributed by atoms with Gasteiger partial charge in [0.25, 0.3) is 5.91 Å². The van der Waals surface area contributed by atoms with E-state index < -0.39 is 10.0 Å². The van der Waals surface area contributed by atoms with Crippen molar-refractivity contribution in [1.29, 1.82) is 0 Å². The van der Waals surface area contributed by atoms with Crippen molar-refractivity contribution in [2.24, 2.45) is 5.92 Å². The maximum absolute atomic E-state index is 11.8. The Morgan fingerprint density at radius 3 is 2.40 bits per heavy atom. The number of carbonyl (C=O) groups is 1. The normalized spacial score (nSPS) is 12.9. The van der Waals surface area contributed by atoms with Crippen LogP contribution >= 0.6 is 0 Å². The lowest BCUT2D eigenvalue weighted by atomic mass is 10.2. The number of amides is 1. The highest BCUT2D eigenvalue weighted by molar-refractivity contribution is 7.89. The Labute approximate surface area is 119 Å². The second kappa shape index (κ2) is 7.37. The van der Waals surface area contributed by atoms with Gasteiger partial charge in [0, 0.05) is 25.3 Å². The lowest BCUT2D eigenvalue weighted by Gasteiger charge is -2.10. The number of benzene rings is 1. The summed E-state index contributed by atoms with van der Waals surface area (Å²) >= 11 is 0. The zero-order valence-electron chi connectivity index (χ0n) is 11.6. The van der Waals surface area contributed by atoms with Gasteiger partial charge in [0.2, 0.25) is 10.0 Å². The first kappa shape index (κ1) is 16.6. The van der Waals surface area contributed by atoms with Crippen LogP contribution in [0.1, 0.15) is 24.2 Å². The zero-order chi connectivity index (χ0) is 15.2. The Kier molecular flexibility index (Phi) is 6.12. The highest BCUT2D eigenvalue weighted by Gasteiger charge is 2.13. The molecule has 0 bridgehead atoms. The molecule has 1 rings (SSSR count). The summed E-state index contributed by atoms with van der Waals surface area (Å²) in [6, 6.07) is 5.71.